The minimum Gasteiger partial charge on any atom is -0.497 e. The van der Waals surface area contributed by atoms with Gasteiger partial charge in [0, 0.05) is 10.6 Å². The van der Waals surface area contributed by atoms with E-state index in [2.05, 4.69) is 33.7 Å². The summed E-state index contributed by atoms with van der Waals surface area (Å²) in [5.74, 6) is 3.45. The number of hydrogen-bond donors (Lipinski definition) is 0. The molecule has 0 saturated carbocycles. The second kappa shape index (κ2) is 9.29. The molecule has 0 aliphatic heterocycles. The molecule has 1 aliphatic rings. The molecule has 1 atom stereocenters. The zero-order valence-corrected chi connectivity index (χ0v) is 22.0. The van der Waals surface area contributed by atoms with Gasteiger partial charge in [0.15, 0.2) is 5.16 Å². The molecule has 0 fully saturated rings. The Balaban J connectivity index is 1.53. The van der Waals surface area contributed by atoms with Gasteiger partial charge in [0.1, 0.15) is 16.3 Å². The van der Waals surface area contributed by atoms with Gasteiger partial charge in [-0.05, 0) is 72.7 Å². The standard InChI is InChI=1S/C27H26N4O3S2/c1-16-4-13-21-22(14-16)36-25-23(21)24(32)30(18-7-11-20(34-3)12-8-18)26-28-29-27(31(25)26)35-15-17-5-9-19(33-2)10-6-17/h5-12,16H,4,13-15H2,1-3H3/t16-/m1/s1. The summed E-state index contributed by atoms with van der Waals surface area (Å²) in [5.41, 5.74) is 3.07. The van der Waals surface area contributed by atoms with Gasteiger partial charge >= 0.3 is 0 Å². The molecule has 0 saturated heterocycles. The first kappa shape index (κ1) is 23.1. The molecular formula is C27H26N4O3S2. The quantitative estimate of drug-likeness (QED) is 0.275. The highest BCUT2D eigenvalue weighted by molar-refractivity contribution is 7.98. The van der Waals surface area contributed by atoms with Gasteiger partial charge in [-0.25, -0.2) is 8.97 Å². The monoisotopic (exact) mass is 518 g/mol. The number of thioether (sulfide) groups is 1. The summed E-state index contributed by atoms with van der Waals surface area (Å²) in [7, 11) is 3.30. The Labute approximate surface area is 216 Å². The molecule has 7 nitrogen and oxygen atoms in total. The lowest BCUT2D eigenvalue weighted by Crippen LogP contribution is -2.22. The molecule has 0 radical (unpaired) electrons. The van der Waals surface area contributed by atoms with Crippen molar-refractivity contribution in [3.63, 3.8) is 0 Å². The molecule has 184 valence electrons. The van der Waals surface area contributed by atoms with Crippen molar-refractivity contribution in [3.05, 3.63) is 74.9 Å². The van der Waals surface area contributed by atoms with Gasteiger partial charge in [0.05, 0.1) is 25.3 Å². The maximum atomic E-state index is 14.0. The topological polar surface area (TPSA) is 70.7 Å². The van der Waals surface area contributed by atoms with Crippen molar-refractivity contribution in [1.29, 1.82) is 0 Å². The van der Waals surface area contributed by atoms with Gasteiger partial charge in [-0.2, -0.15) is 0 Å². The van der Waals surface area contributed by atoms with E-state index in [1.165, 1.54) is 10.4 Å². The number of aromatic nitrogens is 4. The van der Waals surface area contributed by atoms with E-state index in [0.29, 0.717) is 11.7 Å². The highest BCUT2D eigenvalue weighted by Crippen LogP contribution is 2.38. The van der Waals surface area contributed by atoms with Crippen LogP contribution in [-0.2, 0) is 18.6 Å². The molecular weight excluding hydrogens is 492 g/mol. The average molecular weight is 519 g/mol. The molecule has 0 bridgehead atoms. The largest absolute Gasteiger partial charge is 0.497 e. The highest BCUT2D eigenvalue weighted by atomic mass is 32.2. The molecule has 36 heavy (non-hydrogen) atoms. The van der Waals surface area contributed by atoms with E-state index in [-0.39, 0.29) is 5.56 Å². The van der Waals surface area contributed by atoms with Crippen LogP contribution in [0.3, 0.4) is 0 Å². The molecule has 3 aromatic heterocycles. The van der Waals surface area contributed by atoms with Crippen LogP contribution in [0.15, 0.2) is 58.5 Å². The van der Waals surface area contributed by atoms with Gasteiger partial charge < -0.3 is 9.47 Å². The third-order valence-electron chi connectivity index (χ3n) is 6.79. The fourth-order valence-electron chi connectivity index (χ4n) is 4.83. The predicted octanol–water partition coefficient (Wildman–Crippen LogP) is 5.53. The fraction of sp³-hybridized carbons (Fsp3) is 0.296. The summed E-state index contributed by atoms with van der Waals surface area (Å²) >= 11 is 3.34. The third kappa shape index (κ3) is 3.87. The molecule has 0 spiro atoms. The van der Waals surface area contributed by atoms with Crippen LogP contribution in [0.25, 0.3) is 21.7 Å². The summed E-state index contributed by atoms with van der Waals surface area (Å²) in [6.45, 7) is 2.29. The number of hydrogen-bond acceptors (Lipinski definition) is 7. The summed E-state index contributed by atoms with van der Waals surface area (Å²) in [5, 5.41) is 10.6. The van der Waals surface area contributed by atoms with Crippen molar-refractivity contribution < 1.29 is 9.47 Å². The van der Waals surface area contributed by atoms with Crippen LogP contribution in [-0.4, -0.2) is 33.4 Å². The molecule has 6 rings (SSSR count). The number of rotatable bonds is 6. The van der Waals surface area contributed by atoms with E-state index in [4.69, 9.17) is 9.47 Å². The van der Waals surface area contributed by atoms with Gasteiger partial charge in [-0.15, -0.1) is 21.5 Å². The first-order chi connectivity index (χ1) is 17.6. The number of nitrogens with zero attached hydrogens (tertiary/aromatic N) is 4. The van der Waals surface area contributed by atoms with Crippen molar-refractivity contribution in [2.24, 2.45) is 5.92 Å². The van der Waals surface area contributed by atoms with Gasteiger partial charge in [0.2, 0.25) is 5.78 Å². The van der Waals surface area contributed by atoms with E-state index in [1.807, 2.05) is 36.4 Å². The third-order valence-corrected chi connectivity index (χ3v) is 9.03. The van der Waals surface area contributed by atoms with Crippen LogP contribution in [0, 0.1) is 5.92 Å². The Morgan fingerprint density at radius 3 is 2.42 bits per heavy atom. The van der Waals surface area contributed by atoms with Gasteiger partial charge in [-0.3, -0.25) is 4.79 Å². The van der Waals surface area contributed by atoms with Crippen LogP contribution in [0.2, 0.25) is 0 Å². The Morgan fingerprint density at radius 1 is 1.03 bits per heavy atom. The van der Waals surface area contributed by atoms with Crippen molar-refractivity contribution in [1.82, 2.24) is 19.2 Å². The molecule has 0 N–H and O–H groups in total. The predicted molar refractivity (Wildman–Crippen MR) is 144 cm³/mol. The lowest BCUT2D eigenvalue weighted by molar-refractivity contribution is 0.414. The smallest absolute Gasteiger partial charge is 0.268 e. The van der Waals surface area contributed by atoms with Crippen LogP contribution < -0.4 is 15.0 Å². The summed E-state index contributed by atoms with van der Waals surface area (Å²) in [6, 6.07) is 15.6. The first-order valence-corrected chi connectivity index (χ1v) is 13.7. The molecule has 0 unspecified atom stereocenters. The molecule has 0 amide bonds. The van der Waals surface area contributed by atoms with Gasteiger partial charge in [-0.1, -0.05) is 30.8 Å². The zero-order valence-electron chi connectivity index (χ0n) is 20.4. The second-order valence-electron chi connectivity index (χ2n) is 9.13. The van der Waals surface area contributed by atoms with Crippen molar-refractivity contribution >= 4 is 39.1 Å². The van der Waals surface area contributed by atoms with Gasteiger partial charge in [0.25, 0.3) is 5.56 Å². The Kier molecular flexibility index (Phi) is 5.97. The average Bonchev–Trinajstić information content (AvgIpc) is 3.49. The van der Waals surface area contributed by atoms with Crippen molar-refractivity contribution in [2.75, 3.05) is 14.2 Å². The maximum Gasteiger partial charge on any atom is 0.268 e. The molecule has 1 aliphatic carbocycles. The molecule has 2 aromatic carbocycles. The Bertz CT molecular complexity index is 1620. The van der Waals surface area contributed by atoms with Crippen LogP contribution in [0.5, 0.6) is 11.5 Å². The normalized spacial score (nSPS) is 15.4. The number of methoxy groups -OCH3 is 2. The highest BCUT2D eigenvalue weighted by Gasteiger charge is 2.27. The maximum absolute atomic E-state index is 14.0. The van der Waals surface area contributed by atoms with E-state index in [0.717, 1.165) is 63.1 Å². The summed E-state index contributed by atoms with van der Waals surface area (Å²) < 4.78 is 14.4. The van der Waals surface area contributed by atoms with E-state index in [9.17, 15) is 4.79 Å². The Hall–Kier alpha value is -3.30. The zero-order chi connectivity index (χ0) is 24.8. The second-order valence-corrected chi connectivity index (χ2v) is 11.2. The summed E-state index contributed by atoms with van der Waals surface area (Å²) in [4.78, 5) is 16.3. The van der Waals surface area contributed by atoms with Crippen LogP contribution in [0.1, 0.15) is 29.3 Å². The van der Waals surface area contributed by atoms with E-state index < -0.39 is 0 Å². The minimum absolute atomic E-state index is 0.0335. The van der Waals surface area contributed by atoms with E-state index in [1.54, 1.807) is 41.9 Å². The van der Waals surface area contributed by atoms with Crippen molar-refractivity contribution in [3.8, 4) is 17.2 Å². The number of ether oxygens (including phenoxy) is 2. The number of benzene rings is 2. The summed E-state index contributed by atoms with van der Waals surface area (Å²) in [6.07, 6.45) is 3.03. The fourth-order valence-corrected chi connectivity index (χ4v) is 7.28. The van der Waals surface area contributed by atoms with Crippen molar-refractivity contribution in [2.45, 2.75) is 37.1 Å². The first-order valence-electron chi connectivity index (χ1n) is 11.9. The lowest BCUT2D eigenvalue weighted by atomic mass is 9.89. The Morgan fingerprint density at radius 2 is 1.72 bits per heavy atom. The molecule has 3 heterocycles. The number of fused-ring (bicyclic) bond motifs is 5. The lowest BCUT2D eigenvalue weighted by Gasteiger charge is -2.17. The van der Waals surface area contributed by atoms with E-state index >= 15 is 0 Å². The van der Waals surface area contributed by atoms with Crippen LogP contribution >= 0.6 is 23.1 Å². The van der Waals surface area contributed by atoms with Crippen LogP contribution in [0.4, 0.5) is 0 Å². The number of thiophene rings is 1. The minimum atomic E-state index is -0.0335. The molecule has 9 heteroatoms. The SMILES string of the molecule is COc1ccc(CSc2nnc3n(-c4ccc(OC)cc4)c(=O)c4c5c(sc4n23)C[C@H](C)CC5)cc1. The molecule has 5 aromatic rings. The number of aryl methyl sites for hydroxylation is 1.